The van der Waals surface area contributed by atoms with Crippen LogP contribution in [0.2, 0.25) is 0 Å². The van der Waals surface area contributed by atoms with Crippen LogP contribution in [0, 0.1) is 0 Å². The van der Waals surface area contributed by atoms with Crippen molar-refractivity contribution in [1.29, 1.82) is 0 Å². The van der Waals surface area contributed by atoms with Crippen molar-refractivity contribution < 1.29 is 28.5 Å². The molecule has 0 saturated carbocycles. The van der Waals surface area contributed by atoms with E-state index in [-0.39, 0.29) is 18.8 Å². The topological polar surface area (TPSA) is 90.4 Å². The number of fused-ring (bicyclic) bond motifs is 2. The first-order valence-electron chi connectivity index (χ1n) is 12.2. The molecule has 0 bridgehead atoms. The SMILES string of the molecule is CC1OCCOC1c1ccc2c(c1)N(C(=O)OC(C)(C)C)Cc1cccnc1N2C(=O)OC(C)(C)C. The van der Waals surface area contributed by atoms with Gasteiger partial charge in [0.1, 0.15) is 23.1 Å². The Morgan fingerprint density at radius 1 is 0.944 bits per heavy atom. The van der Waals surface area contributed by atoms with Crippen molar-refractivity contribution in [1.82, 2.24) is 4.98 Å². The van der Waals surface area contributed by atoms with Crippen LogP contribution in [-0.4, -0.2) is 47.7 Å². The van der Waals surface area contributed by atoms with E-state index in [0.717, 1.165) is 5.56 Å². The van der Waals surface area contributed by atoms with E-state index >= 15 is 0 Å². The largest absolute Gasteiger partial charge is 0.443 e. The highest BCUT2D eigenvalue weighted by Crippen LogP contribution is 2.43. The molecule has 1 aromatic carbocycles. The number of benzene rings is 1. The maximum absolute atomic E-state index is 13.5. The predicted molar refractivity (Wildman–Crippen MR) is 136 cm³/mol. The third kappa shape index (κ3) is 5.63. The van der Waals surface area contributed by atoms with Crippen LogP contribution in [0.1, 0.15) is 65.7 Å². The molecule has 1 saturated heterocycles. The molecular weight excluding hydrogens is 462 g/mol. The van der Waals surface area contributed by atoms with Crippen LogP contribution in [0.25, 0.3) is 0 Å². The van der Waals surface area contributed by atoms with Crippen LogP contribution in [-0.2, 0) is 25.5 Å². The Labute approximate surface area is 212 Å². The summed E-state index contributed by atoms with van der Waals surface area (Å²) in [6, 6.07) is 9.14. The second kappa shape index (κ2) is 9.71. The molecule has 3 heterocycles. The van der Waals surface area contributed by atoms with Crippen molar-refractivity contribution in [3.05, 3.63) is 47.7 Å². The lowest BCUT2D eigenvalue weighted by molar-refractivity contribution is -0.134. The van der Waals surface area contributed by atoms with Gasteiger partial charge in [-0.2, -0.15) is 0 Å². The van der Waals surface area contributed by atoms with E-state index in [1.807, 2.05) is 45.9 Å². The number of carbonyl (C=O) groups is 2. The van der Waals surface area contributed by atoms with Gasteiger partial charge in [-0.3, -0.25) is 4.90 Å². The number of carbonyl (C=O) groups excluding carboxylic acids is 2. The Balaban J connectivity index is 1.89. The molecule has 2 aromatic rings. The Hall–Kier alpha value is -3.17. The van der Waals surface area contributed by atoms with Gasteiger partial charge in [-0.05, 0) is 72.2 Å². The molecule has 2 aliphatic heterocycles. The van der Waals surface area contributed by atoms with Crippen molar-refractivity contribution in [2.45, 2.75) is 78.4 Å². The number of rotatable bonds is 1. The molecule has 2 unspecified atom stereocenters. The first-order chi connectivity index (χ1) is 16.8. The fourth-order valence-electron chi connectivity index (χ4n) is 4.22. The van der Waals surface area contributed by atoms with Crippen molar-refractivity contribution in [2.75, 3.05) is 23.0 Å². The molecule has 2 atom stereocenters. The zero-order valence-electron chi connectivity index (χ0n) is 22.0. The van der Waals surface area contributed by atoms with Gasteiger partial charge in [-0.25, -0.2) is 19.5 Å². The van der Waals surface area contributed by atoms with Gasteiger partial charge < -0.3 is 18.9 Å². The first kappa shape index (κ1) is 25.9. The highest BCUT2D eigenvalue weighted by atomic mass is 16.6. The number of pyridine rings is 1. The molecule has 2 aliphatic rings. The zero-order valence-corrected chi connectivity index (χ0v) is 22.0. The Kier molecular flexibility index (Phi) is 6.99. The minimum absolute atomic E-state index is 0.158. The molecule has 4 rings (SSSR count). The van der Waals surface area contributed by atoms with Gasteiger partial charge in [0.05, 0.1) is 37.2 Å². The van der Waals surface area contributed by atoms with Crippen molar-refractivity contribution in [2.24, 2.45) is 0 Å². The normalized spacial score (nSPS) is 20.2. The average Bonchev–Trinajstić information content (AvgIpc) is 2.91. The lowest BCUT2D eigenvalue weighted by atomic mass is 10.0. The Morgan fingerprint density at radius 3 is 2.28 bits per heavy atom. The van der Waals surface area contributed by atoms with Gasteiger partial charge >= 0.3 is 12.2 Å². The van der Waals surface area contributed by atoms with Gasteiger partial charge in [0.25, 0.3) is 0 Å². The van der Waals surface area contributed by atoms with Crippen LogP contribution >= 0.6 is 0 Å². The summed E-state index contributed by atoms with van der Waals surface area (Å²) in [6.45, 7) is 14.0. The summed E-state index contributed by atoms with van der Waals surface area (Å²) in [5, 5.41) is 0. The average molecular weight is 498 g/mol. The summed E-state index contributed by atoms with van der Waals surface area (Å²) in [5.41, 5.74) is 1.02. The second-order valence-corrected chi connectivity index (χ2v) is 11.0. The van der Waals surface area contributed by atoms with E-state index in [9.17, 15) is 9.59 Å². The molecule has 0 spiro atoms. The van der Waals surface area contributed by atoms with Crippen molar-refractivity contribution in [3.63, 3.8) is 0 Å². The van der Waals surface area contributed by atoms with E-state index < -0.39 is 23.4 Å². The van der Waals surface area contributed by atoms with Gasteiger partial charge in [-0.1, -0.05) is 12.1 Å². The lowest BCUT2D eigenvalue weighted by Gasteiger charge is -2.32. The minimum atomic E-state index is -0.730. The van der Waals surface area contributed by atoms with Gasteiger partial charge in [0.2, 0.25) is 0 Å². The summed E-state index contributed by atoms with van der Waals surface area (Å²) in [5.74, 6) is 0.400. The van der Waals surface area contributed by atoms with E-state index in [1.54, 1.807) is 39.1 Å². The summed E-state index contributed by atoms with van der Waals surface area (Å²) >= 11 is 0. The van der Waals surface area contributed by atoms with Crippen LogP contribution in [0.5, 0.6) is 0 Å². The van der Waals surface area contributed by atoms with E-state index in [0.29, 0.717) is 36.0 Å². The molecule has 36 heavy (non-hydrogen) atoms. The molecule has 2 amide bonds. The second-order valence-electron chi connectivity index (χ2n) is 11.0. The molecule has 0 radical (unpaired) electrons. The number of anilines is 3. The summed E-state index contributed by atoms with van der Waals surface area (Å²) in [7, 11) is 0. The minimum Gasteiger partial charge on any atom is -0.443 e. The van der Waals surface area contributed by atoms with E-state index in [1.165, 1.54) is 9.80 Å². The predicted octanol–water partition coefficient (Wildman–Crippen LogP) is 5.89. The van der Waals surface area contributed by atoms with Gasteiger partial charge in [0, 0.05) is 11.8 Å². The zero-order chi connectivity index (χ0) is 26.3. The van der Waals surface area contributed by atoms with Crippen LogP contribution < -0.4 is 9.80 Å². The van der Waals surface area contributed by atoms with Crippen molar-refractivity contribution >= 4 is 29.4 Å². The third-order valence-electron chi connectivity index (χ3n) is 5.65. The lowest BCUT2D eigenvalue weighted by Crippen LogP contribution is -2.37. The molecule has 1 aromatic heterocycles. The highest BCUT2D eigenvalue weighted by molar-refractivity contribution is 6.04. The quantitative estimate of drug-likeness (QED) is 0.485. The van der Waals surface area contributed by atoms with E-state index in [2.05, 4.69) is 4.98 Å². The molecule has 194 valence electrons. The summed E-state index contributed by atoms with van der Waals surface area (Å²) in [4.78, 5) is 34.5. The molecule has 9 nitrogen and oxygen atoms in total. The third-order valence-corrected chi connectivity index (χ3v) is 5.65. The Bertz CT molecular complexity index is 1140. The first-order valence-corrected chi connectivity index (χ1v) is 12.2. The summed E-state index contributed by atoms with van der Waals surface area (Å²) < 4.78 is 23.3. The Morgan fingerprint density at radius 2 is 1.61 bits per heavy atom. The van der Waals surface area contributed by atoms with Crippen LogP contribution in [0.15, 0.2) is 36.5 Å². The standard InChI is InChI=1S/C27H35N3O6/c1-17-22(34-14-13-33-17)18-10-11-20-21(15-18)29(24(31)35-26(2,3)4)16-19-9-8-12-28-23(19)30(20)25(32)36-27(5,6)7/h8-12,15,17,22H,13-14,16H2,1-7H3. The van der Waals surface area contributed by atoms with Gasteiger partial charge in [-0.15, -0.1) is 0 Å². The number of amides is 2. The highest BCUT2D eigenvalue weighted by Gasteiger charge is 2.37. The van der Waals surface area contributed by atoms with Gasteiger partial charge in [0.15, 0.2) is 0 Å². The maximum atomic E-state index is 13.5. The molecule has 0 aliphatic carbocycles. The number of hydrogen-bond donors (Lipinski definition) is 0. The smallest absolute Gasteiger partial charge is 0.420 e. The fraction of sp³-hybridized carbons (Fsp3) is 0.519. The maximum Gasteiger partial charge on any atom is 0.420 e. The van der Waals surface area contributed by atoms with Crippen LogP contribution in [0.4, 0.5) is 26.8 Å². The van der Waals surface area contributed by atoms with E-state index in [4.69, 9.17) is 18.9 Å². The molecule has 1 fully saturated rings. The monoisotopic (exact) mass is 497 g/mol. The number of ether oxygens (including phenoxy) is 4. The fourth-order valence-corrected chi connectivity index (χ4v) is 4.22. The summed E-state index contributed by atoms with van der Waals surface area (Å²) in [6.07, 6.45) is 0.00721. The number of hydrogen-bond acceptors (Lipinski definition) is 7. The number of nitrogens with zero attached hydrogens (tertiary/aromatic N) is 3. The molecular formula is C27H35N3O6. The van der Waals surface area contributed by atoms with Crippen molar-refractivity contribution in [3.8, 4) is 0 Å². The molecule has 0 N–H and O–H groups in total. The number of aromatic nitrogens is 1. The van der Waals surface area contributed by atoms with Crippen LogP contribution in [0.3, 0.4) is 0 Å². The molecule has 9 heteroatoms.